The average Bonchev–Trinajstić information content (AvgIpc) is 2.35. The van der Waals surface area contributed by atoms with Crippen molar-refractivity contribution in [3.63, 3.8) is 0 Å². The lowest BCUT2D eigenvalue weighted by atomic mass is 9.78. The van der Waals surface area contributed by atoms with E-state index in [9.17, 15) is 0 Å². The van der Waals surface area contributed by atoms with Crippen LogP contribution < -0.4 is 5.32 Å². The van der Waals surface area contributed by atoms with Crippen molar-refractivity contribution in [3.8, 4) is 0 Å². The molecule has 0 aromatic heterocycles. The quantitative estimate of drug-likeness (QED) is 0.810. The van der Waals surface area contributed by atoms with E-state index < -0.39 is 0 Å². The normalized spacial score (nSPS) is 22.3. The Morgan fingerprint density at radius 2 is 2.05 bits per heavy atom. The van der Waals surface area contributed by atoms with Crippen molar-refractivity contribution in [1.82, 2.24) is 10.2 Å². The highest BCUT2D eigenvalue weighted by atomic mass is 79.9. The topological polar surface area (TPSA) is 15.3 Å². The lowest BCUT2D eigenvalue weighted by Gasteiger charge is -2.43. The number of hydrogen-bond donors (Lipinski definition) is 1. The van der Waals surface area contributed by atoms with Crippen LogP contribution in [0.2, 0.25) is 0 Å². The van der Waals surface area contributed by atoms with Crippen molar-refractivity contribution in [2.24, 2.45) is 11.8 Å². The Hall–Kier alpha value is -0.380. The van der Waals surface area contributed by atoms with E-state index in [2.05, 4.69) is 71.3 Å². The summed E-state index contributed by atoms with van der Waals surface area (Å²) in [6.07, 6.45) is 2.71. The van der Waals surface area contributed by atoms with Crippen LogP contribution in [0.25, 0.3) is 0 Å². The van der Waals surface area contributed by atoms with Gasteiger partial charge in [0.15, 0.2) is 0 Å². The van der Waals surface area contributed by atoms with Gasteiger partial charge in [0.1, 0.15) is 0 Å². The van der Waals surface area contributed by atoms with Gasteiger partial charge >= 0.3 is 0 Å². The number of rotatable bonds is 7. The zero-order chi connectivity index (χ0) is 14.5. The Morgan fingerprint density at radius 1 is 1.30 bits per heavy atom. The molecule has 2 nitrogen and oxygen atoms in total. The molecule has 1 N–H and O–H groups in total. The zero-order valence-electron chi connectivity index (χ0n) is 12.9. The average molecular weight is 339 g/mol. The molecule has 1 saturated carbocycles. The minimum atomic E-state index is 0.738. The highest BCUT2D eigenvalue weighted by molar-refractivity contribution is 9.10. The van der Waals surface area contributed by atoms with Crippen molar-refractivity contribution in [3.05, 3.63) is 34.3 Å². The second-order valence-electron chi connectivity index (χ2n) is 6.46. The molecule has 0 amide bonds. The second kappa shape index (κ2) is 7.58. The Labute approximate surface area is 132 Å². The van der Waals surface area contributed by atoms with E-state index >= 15 is 0 Å². The molecule has 2 atom stereocenters. The van der Waals surface area contributed by atoms with Crippen LogP contribution in [0.3, 0.4) is 0 Å². The van der Waals surface area contributed by atoms with Crippen molar-refractivity contribution >= 4 is 15.9 Å². The summed E-state index contributed by atoms with van der Waals surface area (Å²) in [5.41, 5.74) is 1.38. The highest BCUT2D eigenvalue weighted by Crippen LogP contribution is 2.32. The molecule has 2 rings (SSSR count). The molecule has 20 heavy (non-hydrogen) atoms. The molecule has 0 radical (unpaired) electrons. The zero-order valence-corrected chi connectivity index (χ0v) is 14.5. The number of hydrogen-bond acceptors (Lipinski definition) is 2. The fourth-order valence-corrected chi connectivity index (χ4v) is 3.35. The van der Waals surface area contributed by atoms with E-state index in [1.54, 1.807) is 0 Å². The third-order valence-corrected chi connectivity index (χ3v) is 5.05. The lowest BCUT2D eigenvalue weighted by molar-refractivity contribution is 0.0775. The van der Waals surface area contributed by atoms with Gasteiger partial charge < -0.3 is 5.32 Å². The summed E-state index contributed by atoms with van der Waals surface area (Å²) < 4.78 is 1.22. The fraction of sp³-hybridized carbons (Fsp3) is 0.647. The Morgan fingerprint density at radius 3 is 2.65 bits per heavy atom. The summed E-state index contributed by atoms with van der Waals surface area (Å²) in [6.45, 7) is 7.88. The van der Waals surface area contributed by atoms with Crippen LogP contribution >= 0.6 is 15.9 Å². The summed E-state index contributed by atoms with van der Waals surface area (Å²) in [4.78, 5) is 2.52. The Kier molecular flexibility index (Phi) is 6.06. The standard InChI is InChI=1S/C17H27BrN2/c1-13(2)10-19-11-14-8-9-17(14)20(3)12-15-6-4-5-7-16(15)18/h4-7,13-14,17,19H,8-12H2,1-3H3. The fourth-order valence-electron chi connectivity index (χ4n) is 2.94. The first kappa shape index (κ1) is 16.0. The van der Waals surface area contributed by atoms with E-state index in [1.165, 1.54) is 29.4 Å². The summed E-state index contributed by atoms with van der Waals surface area (Å²) in [7, 11) is 2.26. The van der Waals surface area contributed by atoms with Gasteiger partial charge in [-0.3, -0.25) is 4.90 Å². The Balaban J connectivity index is 1.81. The Bertz CT molecular complexity index is 419. The molecule has 2 unspecified atom stereocenters. The molecular formula is C17H27BrN2. The molecule has 0 saturated heterocycles. The minimum Gasteiger partial charge on any atom is -0.316 e. The third kappa shape index (κ3) is 4.31. The van der Waals surface area contributed by atoms with Gasteiger partial charge in [0.05, 0.1) is 0 Å². The molecule has 1 aromatic carbocycles. The summed E-state index contributed by atoms with van der Waals surface area (Å²) >= 11 is 3.65. The molecule has 0 bridgehead atoms. The van der Waals surface area contributed by atoms with Crippen LogP contribution in [0.5, 0.6) is 0 Å². The second-order valence-corrected chi connectivity index (χ2v) is 7.32. The molecule has 1 aliphatic rings. The van der Waals surface area contributed by atoms with Gasteiger partial charge in [-0.2, -0.15) is 0 Å². The van der Waals surface area contributed by atoms with Gasteiger partial charge in [0, 0.05) is 17.1 Å². The SMILES string of the molecule is CC(C)CNCC1CCC1N(C)Cc1ccccc1Br. The van der Waals surface area contributed by atoms with Gasteiger partial charge in [0.2, 0.25) is 0 Å². The number of benzene rings is 1. The molecule has 1 aromatic rings. The van der Waals surface area contributed by atoms with Crippen molar-refractivity contribution < 1.29 is 0 Å². The maximum absolute atomic E-state index is 3.65. The number of halogens is 1. The molecular weight excluding hydrogens is 312 g/mol. The van der Waals surface area contributed by atoms with Gasteiger partial charge in [-0.25, -0.2) is 0 Å². The van der Waals surface area contributed by atoms with E-state index in [0.29, 0.717) is 0 Å². The van der Waals surface area contributed by atoms with Crippen molar-refractivity contribution in [2.45, 2.75) is 39.3 Å². The van der Waals surface area contributed by atoms with Gasteiger partial charge in [-0.05, 0) is 56.4 Å². The molecule has 112 valence electrons. The molecule has 1 fully saturated rings. The number of nitrogens with one attached hydrogen (secondary N) is 1. The van der Waals surface area contributed by atoms with E-state index in [1.807, 2.05) is 0 Å². The molecule has 0 heterocycles. The predicted molar refractivity (Wildman–Crippen MR) is 89.8 cm³/mol. The van der Waals surface area contributed by atoms with E-state index in [0.717, 1.165) is 31.0 Å². The maximum Gasteiger partial charge on any atom is 0.0244 e. The molecule has 1 aliphatic carbocycles. The van der Waals surface area contributed by atoms with Crippen LogP contribution in [-0.2, 0) is 6.54 Å². The molecule has 0 aliphatic heterocycles. The predicted octanol–water partition coefficient (Wildman–Crippen LogP) is 3.91. The van der Waals surface area contributed by atoms with E-state index in [-0.39, 0.29) is 0 Å². The third-order valence-electron chi connectivity index (χ3n) is 4.28. The van der Waals surface area contributed by atoms with Gasteiger partial charge in [0.25, 0.3) is 0 Å². The van der Waals surface area contributed by atoms with Crippen LogP contribution in [0.15, 0.2) is 28.7 Å². The minimum absolute atomic E-state index is 0.738. The van der Waals surface area contributed by atoms with Gasteiger partial charge in [-0.15, -0.1) is 0 Å². The first-order valence-corrected chi connectivity index (χ1v) is 8.51. The first-order chi connectivity index (χ1) is 9.58. The summed E-state index contributed by atoms with van der Waals surface area (Å²) in [6, 6.07) is 9.28. The van der Waals surface area contributed by atoms with Gasteiger partial charge in [-0.1, -0.05) is 48.0 Å². The van der Waals surface area contributed by atoms with Crippen LogP contribution in [0.4, 0.5) is 0 Å². The van der Waals surface area contributed by atoms with E-state index in [4.69, 9.17) is 0 Å². The molecule has 3 heteroatoms. The first-order valence-electron chi connectivity index (χ1n) is 7.72. The summed E-state index contributed by atoms with van der Waals surface area (Å²) in [5.74, 6) is 1.56. The van der Waals surface area contributed by atoms with Crippen molar-refractivity contribution in [2.75, 3.05) is 20.1 Å². The smallest absolute Gasteiger partial charge is 0.0244 e. The lowest BCUT2D eigenvalue weighted by Crippen LogP contribution is -2.49. The van der Waals surface area contributed by atoms with Crippen molar-refractivity contribution in [1.29, 1.82) is 0 Å². The summed E-state index contributed by atoms with van der Waals surface area (Å²) in [5, 5.41) is 3.61. The number of nitrogens with zero attached hydrogens (tertiary/aromatic N) is 1. The highest BCUT2D eigenvalue weighted by Gasteiger charge is 2.33. The molecule has 0 spiro atoms. The van der Waals surface area contributed by atoms with Crippen LogP contribution in [0.1, 0.15) is 32.3 Å². The monoisotopic (exact) mass is 338 g/mol. The van der Waals surface area contributed by atoms with Crippen LogP contribution in [0, 0.1) is 11.8 Å². The largest absolute Gasteiger partial charge is 0.316 e. The maximum atomic E-state index is 3.65. The van der Waals surface area contributed by atoms with Crippen LogP contribution in [-0.4, -0.2) is 31.1 Å².